The zero-order valence-corrected chi connectivity index (χ0v) is 12.0. The second-order valence-corrected chi connectivity index (χ2v) is 6.15. The summed E-state index contributed by atoms with van der Waals surface area (Å²) in [6.45, 7) is -0.0279. The number of hydrogen-bond donors (Lipinski definition) is 2. The van der Waals surface area contributed by atoms with Gasteiger partial charge >= 0.3 is 0 Å². The molecular formula is C14H14F2N2O2S. The predicted octanol–water partition coefficient (Wildman–Crippen LogP) is 2.49. The highest BCUT2D eigenvalue weighted by atomic mass is 32.2. The third-order valence-electron chi connectivity index (χ3n) is 2.92. The molecule has 2 aromatic carbocycles. The lowest BCUT2D eigenvalue weighted by molar-refractivity contribution is 0.586. The molecule has 4 nitrogen and oxygen atoms in total. The van der Waals surface area contributed by atoms with Crippen LogP contribution in [0.5, 0.6) is 0 Å². The van der Waals surface area contributed by atoms with Crippen molar-refractivity contribution in [3.05, 3.63) is 59.7 Å². The van der Waals surface area contributed by atoms with Gasteiger partial charge in [0.15, 0.2) is 0 Å². The van der Waals surface area contributed by atoms with Gasteiger partial charge in [-0.05, 0) is 37.4 Å². The van der Waals surface area contributed by atoms with Crippen LogP contribution in [0.1, 0.15) is 5.56 Å². The Morgan fingerprint density at radius 2 is 1.81 bits per heavy atom. The summed E-state index contributed by atoms with van der Waals surface area (Å²) in [6, 6.07) is 9.34. The summed E-state index contributed by atoms with van der Waals surface area (Å²) in [5, 5.41) is 2.81. The van der Waals surface area contributed by atoms with Gasteiger partial charge in [0.25, 0.3) is 0 Å². The molecule has 0 heterocycles. The predicted molar refractivity (Wildman–Crippen MR) is 76.4 cm³/mol. The van der Waals surface area contributed by atoms with Crippen molar-refractivity contribution in [3.8, 4) is 0 Å². The molecule has 2 N–H and O–H groups in total. The van der Waals surface area contributed by atoms with Crippen molar-refractivity contribution in [2.24, 2.45) is 0 Å². The first-order chi connectivity index (χ1) is 9.94. The van der Waals surface area contributed by atoms with E-state index in [1.165, 1.54) is 13.1 Å². The van der Waals surface area contributed by atoms with E-state index in [2.05, 4.69) is 10.0 Å². The van der Waals surface area contributed by atoms with E-state index in [1.807, 2.05) is 0 Å². The lowest BCUT2D eigenvalue weighted by Gasteiger charge is -2.12. The lowest BCUT2D eigenvalue weighted by Crippen LogP contribution is -2.20. The molecule has 0 bridgehead atoms. The van der Waals surface area contributed by atoms with Gasteiger partial charge in [0.2, 0.25) is 10.0 Å². The van der Waals surface area contributed by atoms with Gasteiger partial charge in [-0.3, -0.25) is 0 Å². The summed E-state index contributed by atoms with van der Waals surface area (Å²) in [6.07, 6.45) is 0. The molecule has 2 rings (SSSR count). The summed E-state index contributed by atoms with van der Waals surface area (Å²) in [4.78, 5) is 0.0457. The van der Waals surface area contributed by atoms with Crippen LogP contribution >= 0.6 is 0 Å². The van der Waals surface area contributed by atoms with Crippen molar-refractivity contribution >= 4 is 15.7 Å². The Bertz CT molecular complexity index is 748. The molecule has 112 valence electrons. The van der Waals surface area contributed by atoms with Crippen molar-refractivity contribution in [2.45, 2.75) is 11.4 Å². The van der Waals surface area contributed by atoms with Gasteiger partial charge in [0.1, 0.15) is 16.5 Å². The third-order valence-corrected chi connectivity index (χ3v) is 4.39. The highest BCUT2D eigenvalue weighted by Crippen LogP contribution is 2.21. The van der Waals surface area contributed by atoms with Crippen LogP contribution in [0, 0.1) is 11.6 Å². The topological polar surface area (TPSA) is 58.2 Å². The Labute approximate surface area is 121 Å². The fourth-order valence-corrected chi connectivity index (χ4v) is 2.73. The number of sulfonamides is 1. The molecule has 2 aromatic rings. The van der Waals surface area contributed by atoms with Crippen molar-refractivity contribution in [2.75, 3.05) is 12.4 Å². The maximum absolute atomic E-state index is 13.5. The summed E-state index contributed by atoms with van der Waals surface area (Å²) in [5.74, 6) is -1.11. The normalized spacial score (nSPS) is 11.4. The molecule has 0 radical (unpaired) electrons. The molecule has 0 spiro atoms. The van der Waals surface area contributed by atoms with Gasteiger partial charge in [0, 0.05) is 12.1 Å². The van der Waals surface area contributed by atoms with Crippen LogP contribution in [0.25, 0.3) is 0 Å². The first-order valence-corrected chi connectivity index (χ1v) is 7.63. The zero-order valence-electron chi connectivity index (χ0n) is 11.2. The number of hydrogen-bond acceptors (Lipinski definition) is 3. The van der Waals surface area contributed by atoms with Crippen LogP contribution in [0.2, 0.25) is 0 Å². The largest absolute Gasteiger partial charge is 0.380 e. The maximum Gasteiger partial charge on any atom is 0.242 e. The molecule has 0 aliphatic carbocycles. The average Bonchev–Trinajstić information content (AvgIpc) is 2.48. The molecule has 0 fully saturated rings. The molecule has 0 saturated carbocycles. The summed E-state index contributed by atoms with van der Waals surface area (Å²) in [5.41, 5.74) is 0.433. The Kier molecular flexibility index (Phi) is 4.54. The van der Waals surface area contributed by atoms with E-state index in [1.54, 1.807) is 18.2 Å². The molecule has 0 amide bonds. The fourth-order valence-electron chi connectivity index (χ4n) is 1.83. The van der Waals surface area contributed by atoms with Crippen molar-refractivity contribution < 1.29 is 17.2 Å². The standard InChI is InChI=1S/C14H14F2N2O2S/c1-17-21(19,20)14-5-3-2-4-13(14)18-9-10-8-11(15)6-7-12(10)16/h2-8,17-18H,9H2,1H3. The molecule has 0 aliphatic rings. The van der Waals surface area contributed by atoms with Crippen LogP contribution in [0.4, 0.5) is 14.5 Å². The Morgan fingerprint density at radius 1 is 1.10 bits per heavy atom. The molecule has 0 aliphatic heterocycles. The molecule has 0 aromatic heterocycles. The van der Waals surface area contributed by atoms with Gasteiger partial charge in [0.05, 0.1) is 5.69 Å². The van der Waals surface area contributed by atoms with E-state index in [0.29, 0.717) is 5.69 Å². The highest BCUT2D eigenvalue weighted by Gasteiger charge is 2.16. The van der Waals surface area contributed by atoms with Crippen LogP contribution in [-0.4, -0.2) is 15.5 Å². The number of nitrogens with one attached hydrogen (secondary N) is 2. The first-order valence-electron chi connectivity index (χ1n) is 6.14. The minimum atomic E-state index is -3.63. The maximum atomic E-state index is 13.5. The first kappa shape index (κ1) is 15.4. The van der Waals surface area contributed by atoms with Crippen LogP contribution < -0.4 is 10.0 Å². The Hall–Kier alpha value is -1.99. The monoisotopic (exact) mass is 312 g/mol. The van der Waals surface area contributed by atoms with E-state index >= 15 is 0 Å². The Morgan fingerprint density at radius 3 is 2.52 bits per heavy atom. The second-order valence-electron chi connectivity index (χ2n) is 4.29. The Balaban J connectivity index is 2.27. The SMILES string of the molecule is CNS(=O)(=O)c1ccccc1NCc1cc(F)ccc1F. The zero-order chi connectivity index (χ0) is 15.5. The van der Waals surface area contributed by atoms with Crippen molar-refractivity contribution in [3.63, 3.8) is 0 Å². The number of para-hydroxylation sites is 1. The number of rotatable bonds is 5. The third kappa shape index (κ3) is 3.56. The van der Waals surface area contributed by atoms with Gasteiger partial charge in [-0.15, -0.1) is 0 Å². The highest BCUT2D eigenvalue weighted by molar-refractivity contribution is 7.89. The minimum absolute atomic E-state index is 0.0279. The van der Waals surface area contributed by atoms with E-state index in [4.69, 9.17) is 0 Å². The van der Waals surface area contributed by atoms with E-state index in [0.717, 1.165) is 18.2 Å². The number of benzene rings is 2. The number of halogens is 2. The van der Waals surface area contributed by atoms with Gasteiger partial charge in [-0.25, -0.2) is 21.9 Å². The summed E-state index contributed by atoms with van der Waals surface area (Å²) in [7, 11) is -2.33. The van der Waals surface area contributed by atoms with Crippen LogP contribution in [0.3, 0.4) is 0 Å². The molecule has 0 saturated heterocycles. The second kappa shape index (κ2) is 6.19. The quantitative estimate of drug-likeness (QED) is 0.892. The molecule has 0 atom stereocenters. The fraction of sp³-hybridized carbons (Fsp3) is 0.143. The molecular weight excluding hydrogens is 298 g/mol. The molecule has 21 heavy (non-hydrogen) atoms. The lowest BCUT2D eigenvalue weighted by atomic mass is 10.2. The van der Waals surface area contributed by atoms with E-state index in [9.17, 15) is 17.2 Å². The van der Waals surface area contributed by atoms with Crippen molar-refractivity contribution in [1.82, 2.24) is 4.72 Å². The van der Waals surface area contributed by atoms with Crippen LogP contribution in [0.15, 0.2) is 47.4 Å². The minimum Gasteiger partial charge on any atom is -0.380 e. The number of anilines is 1. The summed E-state index contributed by atoms with van der Waals surface area (Å²) < 4.78 is 52.6. The van der Waals surface area contributed by atoms with E-state index in [-0.39, 0.29) is 17.0 Å². The van der Waals surface area contributed by atoms with Gasteiger partial charge in [-0.2, -0.15) is 0 Å². The van der Waals surface area contributed by atoms with Gasteiger partial charge in [-0.1, -0.05) is 12.1 Å². The average molecular weight is 312 g/mol. The molecule has 0 unspecified atom stereocenters. The van der Waals surface area contributed by atoms with E-state index < -0.39 is 21.7 Å². The van der Waals surface area contributed by atoms with Crippen molar-refractivity contribution in [1.29, 1.82) is 0 Å². The van der Waals surface area contributed by atoms with Gasteiger partial charge < -0.3 is 5.32 Å². The molecule has 7 heteroatoms. The summed E-state index contributed by atoms with van der Waals surface area (Å²) >= 11 is 0. The van der Waals surface area contributed by atoms with Crippen LogP contribution in [-0.2, 0) is 16.6 Å². The smallest absolute Gasteiger partial charge is 0.242 e.